The molecule has 1 heterocycles. The fourth-order valence-corrected chi connectivity index (χ4v) is 4.63. The summed E-state index contributed by atoms with van der Waals surface area (Å²) in [5.74, 6) is 1.21. The predicted molar refractivity (Wildman–Crippen MR) is 147 cm³/mol. The fourth-order valence-electron chi connectivity index (χ4n) is 4.63. The maximum absolute atomic E-state index is 13.6. The molecule has 1 saturated heterocycles. The van der Waals surface area contributed by atoms with E-state index in [9.17, 15) is 9.18 Å². The maximum Gasteiger partial charge on any atom is 0.343 e. The van der Waals surface area contributed by atoms with Crippen LogP contribution in [0.25, 0.3) is 0 Å². The van der Waals surface area contributed by atoms with Crippen LogP contribution in [0.15, 0.2) is 72.8 Å². The minimum atomic E-state index is -0.406. The molecule has 1 aliphatic heterocycles. The summed E-state index contributed by atoms with van der Waals surface area (Å²) in [6, 6.07) is 23.0. The molecule has 208 valence electrons. The molecule has 0 amide bonds. The van der Waals surface area contributed by atoms with Crippen LogP contribution in [0.2, 0.25) is 0 Å². The van der Waals surface area contributed by atoms with Gasteiger partial charge in [0.1, 0.15) is 17.3 Å². The van der Waals surface area contributed by atoms with Crippen LogP contribution in [0, 0.1) is 5.82 Å². The number of carbonyl (C=O) groups excluding carboxylic acids is 1. The van der Waals surface area contributed by atoms with Gasteiger partial charge in [-0.3, -0.25) is 0 Å². The molecule has 3 aromatic carbocycles. The van der Waals surface area contributed by atoms with Crippen molar-refractivity contribution in [1.82, 2.24) is 10.6 Å². The fraction of sp³-hybridized carbons (Fsp3) is 0.387. The largest absolute Gasteiger partial charge is 0.494 e. The van der Waals surface area contributed by atoms with E-state index in [0.29, 0.717) is 37.0 Å². The number of benzene rings is 3. The summed E-state index contributed by atoms with van der Waals surface area (Å²) in [4.78, 5) is 11.3. The Morgan fingerprint density at radius 1 is 1.00 bits per heavy atom. The highest BCUT2D eigenvalue weighted by Gasteiger charge is 2.26. The number of rotatable bonds is 14. The molecule has 1 aliphatic rings. The molecular formula is C31H37FN2O5. The molecule has 2 N–H and O–H groups in total. The molecular weight excluding hydrogens is 499 g/mol. The molecule has 3 aromatic rings. The zero-order chi connectivity index (χ0) is 27.3. The van der Waals surface area contributed by atoms with Gasteiger partial charge in [0.25, 0.3) is 0 Å². The lowest BCUT2D eigenvalue weighted by molar-refractivity contribution is -0.142. The number of hydrogen-bond donors (Lipinski definition) is 2. The van der Waals surface area contributed by atoms with Gasteiger partial charge >= 0.3 is 5.97 Å². The summed E-state index contributed by atoms with van der Waals surface area (Å²) in [5, 5.41) is 7.19. The number of ether oxygens (including phenoxy) is 4. The molecule has 8 heteroatoms. The Kier molecular flexibility index (Phi) is 11.1. The summed E-state index contributed by atoms with van der Waals surface area (Å²) in [6.07, 6.45) is 1.77. The Hall–Kier alpha value is -3.46. The quantitative estimate of drug-likeness (QED) is 0.230. The Balaban J connectivity index is 1.21. The van der Waals surface area contributed by atoms with E-state index in [1.165, 1.54) is 18.7 Å². The van der Waals surface area contributed by atoms with Gasteiger partial charge in [-0.05, 0) is 54.4 Å². The average molecular weight is 537 g/mol. The van der Waals surface area contributed by atoms with Gasteiger partial charge in [-0.1, -0.05) is 42.5 Å². The standard InChI is InChI=1S/C31H37FN2O5/c1-36-31(35)22-39-27-8-4-6-23(18-27)19-34-30-20-33-15-14-28(30)24-10-12-26(13-11-24)38-17-5-16-37-21-25-7-2-3-9-29(25)32/h2-4,6-13,18,28,30,33-34H,5,14-17,19-22H2,1H3/t28?,30-/m1/s1. The molecule has 0 aliphatic carbocycles. The lowest BCUT2D eigenvalue weighted by atomic mass is 9.86. The highest BCUT2D eigenvalue weighted by Crippen LogP contribution is 2.28. The molecule has 0 bridgehead atoms. The van der Waals surface area contributed by atoms with Crippen LogP contribution in [0.5, 0.6) is 11.5 Å². The molecule has 39 heavy (non-hydrogen) atoms. The first-order valence-electron chi connectivity index (χ1n) is 13.4. The molecule has 7 nitrogen and oxygen atoms in total. The van der Waals surface area contributed by atoms with Crippen molar-refractivity contribution < 1.29 is 28.1 Å². The molecule has 4 rings (SSSR count). The topological polar surface area (TPSA) is 78.1 Å². The van der Waals surface area contributed by atoms with E-state index in [1.54, 1.807) is 12.1 Å². The summed E-state index contributed by atoms with van der Waals surface area (Å²) in [7, 11) is 1.34. The number of esters is 1. The van der Waals surface area contributed by atoms with Crippen molar-refractivity contribution in [3.8, 4) is 11.5 Å². The first-order chi connectivity index (χ1) is 19.1. The second kappa shape index (κ2) is 15.2. The van der Waals surface area contributed by atoms with Gasteiger partial charge in [-0.25, -0.2) is 9.18 Å². The van der Waals surface area contributed by atoms with Crippen molar-refractivity contribution in [2.75, 3.05) is 40.0 Å². The van der Waals surface area contributed by atoms with Crippen molar-refractivity contribution in [1.29, 1.82) is 0 Å². The van der Waals surface area contributed by atoms with E-state index >= 15 is 0 Å². The molecule has 1 unspecified atom stereocenters. The van der Waals surface area contributed by atoms with Crippen LogP contribution in [0.1, 0.15) is 35.4 Å². The smallest absolute Gasteiger partial charge is 0.343 e. The lowest BCUT2D eigenvalue weighted by Crippen LogP contribution is -2.47. The van der Waals surface area contributed by atoms with Crippen LogP contribution in [0.4, 0.5) is 4.39 Å². The van der Waals surface area contributed by atoms with E-state index in [4.69, 9.17) is 14.2 Å². The van der Waals surface area contributed by atoms with Crippen molar-refractivity contribution in [3.05, 3.63) is 95.3 Å². The van der Waals surface area contributed by atoms with Crippen LogP contribution < -0.4 is 20.1 Å². The van der Waals surface area contributed by atoms with Gasteiger partial charge in [0.15, 0.2) is 6.61 Å². The summed E-state index contributed by atoms with van der Waals surface area (Å²) in [6.45, 7) is 3.76. The Morgan fingerprint density at radius 3 is 2.67 bits per heavy atom. The number of piperidine rings is 1. The molecule has 0 aromatic heterocycles. The SMILES string of the molecule is COC(=O)COc1cccc(CN[C@@H]2CNCCC2c2ccc(OCCCOCc3ccccc3F)cc2)c1. The Morgan fingerprint density at radius 2 is 1.85 bits per heavy atom. The van der Waals surface area contributed by atoms with Crippen LogP contribution in [-0.4, -0.2) is 52.0 Å². The summed E-state index contributed by atoms with van der Waals surface area (Å²) < 4.78 is 35.3. The Bertz CT molecular complexity index is 1170. The van der Waals surface area contributed by atoms with E-state index in [-0.39, 0.29) is 25.1 Å². The third-order valence-electron chi connectivity index (χ3n) is 6.76. The van der Waals surface area contributed by atoms with E-state index < -0.39 is 5.97 Å². The first kappa shape index (κ1) is 28.5. The van der Waals surface area contributed by atoms with Gasteiger partial charge in [-0.15, -0.1) is 0 Å². The molecule has 0 saturated carbocycles. The lowest BCUT2D eigenvalue weighted by Gasteiger charge is -2.33. The number of methoxy groups -OCH3 is 1. The van der Waals surface area contributed by atoms with Gasteiger partial charge in [-0.2, -0.15) is 0 Å². The highest BCUT2D eigenvalue weighted by molar-refractivity contribution is 5.70. The van der Waals surface area contributed by atoms with Gasteiger partial charge in [0, 0.05) is 37.0 Å². The molecule has 0 radical (unpaired) electrons. The zero-order valence-corrected chi connectivity index (χ0v) is 22.4. The Labute approximate surface area is 229 Å². The van der Waals surface area contributed by atoms with E-state index in [2.05, 4.69) is 27.5 Å². The predicted octanol–water partition coefficient (Wildman–Crippen LogP) is 4.60. The van der Waals surface area contributed by atoms with E-state index in [1.807, 2.05) is 42.5 Å². The second-order valence-corrected chi connectivity index (χ2v) is 9.51. The number of halogens is 1. The highest BCUT2D eigenvalue weighted by atomic mass is 19.1. The number of carbonyl (C=O) groups is 1. The molecule has 2 atom stereocenters. The minimum absolute atomic E-state index is 0.106. The van der Waals surface area contributed by atoms with Crippen LogP contribution in [-0.2, 0) is 27.4 Å². The van der Waals surface area contributed by atoms with Crippen LogP contribution in [0.3, 0.4) is 0 Å². The zero-order valence-electron chi connectivity index (χ0n) is 22.4. The molecule has 1 fully saturated rings. The third kappa shape index (κ3) is 9.06. The maximum atomic E-state index is 13.6. The average Bonchev–Trinajstić information content (AvgIpc) is 2.98. The van der Waals surface area contributed by atoms with Crippen LogP contribution >= 0.6 is 0 Å². The molecule has 0 spiro atoms. The second-order valence-electron chi connectivity index (χ2n) is 9.51. The van der Waals surface area contributed by atoms with Gasteiger partial charge < -0.3 is 29.6 Å². The van der Waals surface area contributed by atoms with E-state index in [0.717, 1.165) is 37.2 Å². The minimum Gasteiger partial charge on any atom is -0.494 e. The van der Waals surface area contributed by atoms with Crippen molar-refractivity contribution in [2.45, 2.75) is 38.0 Å². The van der Waals surface area contributed by atoms with Gasteiger partial charge in [0.05, 0.1) is 26.9 Å². The van der Waals surface area contributed by atoms with Crippen molar-refractivity contribution in [3.63, 3.8) is 0 Å². The summed E-state index contributed by atoms with van der Waals surface area (Å²) >= 11 is 0. The van der Waals surface area contributed by atoms with Crippen molar-refractivity contribution >= 4 is 5.97 Å². The van der Waals surface area contributed by atoms with Crippen molar-refractivity contribution in [2.24, 2.45) is 0 Å². The third-order valence-corrected chi connectivity index (χ3v) is 6.76. The number of nitrogens with one attached hydrogen (secondary N) is 2. The number of hydrogen-bond acceptors (Lipinski definition) is 7. The summed E-state index contributed by atoms with van der Waals surface area (Å²) in [5.41, 5.74) is 2.94. The van der Waals surface area contributed by atoms with Gasteiger partial charge in [0.2, 0.25) is 0 Å². The normalized spacial score (nSPS) is 17.0. The monoisotopic (exact) mass is 536 g/mol. The first-order valence-corrected chi connectivity index (χ1v) is 13.4.